The maximum atomic E-state index is 12.9. The van der Waals surface area contributed by atoms with Crippen LogP contribution >= 0.6 is 0 Å². The number of aliphatic hydroxyl groups excluding tert-OH is 1. The van der Waals surface area contributed by atoms with Crippen LogP contribution in [0.15, 0.2) is 42.5 Å². The second-order valence-electron chi connectivity index (χ2n) is 7.55. The zero-order valence-corrected chi connectivity index (χ0v) is 14.7. The van der Waals surface area contributed by atoms with Gasteiger partial charge in [-0.2, -0.15) is 0 Å². The lowest BCUT2D eigenvalue weighted by molar-refractivity contribution is 0.0918. The number of carbonyl (C=O) groups excluding carboxylic acids is 1. The molecule has 2 fully saturated rings. The third-order valence-electron chi connectivity index (χ3n) is 5.95. The van der Waals surface area contributed by atoms with E-state index in [9.17, 15) is 9.90 Å². The Morgan fingerprint density at radius 1 is 1.16 bits per heavy atom. The van der Waals surface area contributed by atoms with Gasteiger partial charge >= 0.3 is 6.03 Å². The molecule has 4 heteroatoms. The predicted molar refractivity (Wildman–Crippen MR) is 99.4 cm³/mol. The molecule has 2 aromatic carbocycles. The summed E-state index contributed by atoms with van der Waals surface area (Å²) in [6.45, 7) is 2.30. The zero-order valence-electron chi connectivity index (χ0n) is 14.7. The van der Waals surface area contributed by atoms with Gasteiger partial charge in [0, 0.05) is 18.7 Å². The number of urea groups is 1. The van der Waals surface area contributed by atoms with E-state index in [0.29, 0.717) is 5.92 Å². The molecule has 2 aliphatic rings. The molecule has 0 aromatic heterocycles. The second-order valence-corrected chi connectivity index (χ2v) is 7.55. The molecule has 0 spiro atoms. The summed E-state index contributed by atoms with van der Waals surface area (Å²) in [6, 6.07) is 15.1. The lowest BCUT2D eigenvalue weighted by atomic mass is 9.91. The van der Waals surface area contributed by atoms with E-state index in [-0.39, 0.29) is 30.8 Å². The summed E-state index contributed by atoms with van der Waals surface area (Å²) >= 11 is 0. The molecule has 0 aliphatic carbocycles. The summed E-state index contributed by atoms with van der Waals surface area (Å²) < 4.78 is 0. The summed E-state index contributed by atoms with van der Waals surface area (Å²) in [4.78, 5) is 15.0. The van der Waals surface area contributed by atoms with Crippen LogP contribution in [0.2, 0.25) is 0 Å². The van der Waals surface area contributed by atoms with Crippen molar-refractivity contribution in [2.45, 2.75) is 50.7 Å². The van der Waals surface area contributed by atoms with Gasteiger partial charge in [0.2, 0.25) is 0 Å². The van der Waals surface area contributed by atoms with Gasteiger partial charge in [-0.25, -0.2) is 4.79 Å². The number of nitrogens with one attached hydrogen (secondary N) is 1. The lowest BCUT2D eigenvalue weighted by Gasteiger charge is -2.39. The van der Waals surface area contributed by atoms with E-state index < -0.39 is 0 Å². The van der Waals surface area contributed by atoms with Gasteiger partial charge in [-0.3, -0.25) is 0 Å². The summed E-state index contributed by atoms with van der Waals surface area (Å²) in [6.07, 6.45) is 4.00. The average molecular weight is 338 g/mol. The number of benzene rings is 2. The van der Waals surface area contributed by atoms with Crippen LogP contribution in [0.5, 0.6) is 0 Å². The fourth-order valence-electron chi connectivity index (χ4n) is 4.74. The van der Waals surface area contributed by atoms with E-state index in [0.717, 1.165) is 31.2 Å². The Hall–Kier alpha value is -2.07. The molecular weight excluding hydrogens is 312 g/mol. The van der Waals surface area contributed by atoms with Crippen LogP contribution in [0.4, 0.5) is 4.79 Å². The minimum absolute atomic E-state index is 0.0337. The van der Waals surface area contributed by atoms with E-state index in [2.05, 4.69) is 42.6 Å². The molecule has 2 unspecified atom stereocenters. The van der Waals surface area contributed by atoms with Gasteiger partial charge in [0.1, 0.15) is 0 Å². The minimum atomic E-state index is -0.0337. The molecule has 2 aromatic rings. The van der Waals surface area contributed by atoms with Crippen molar-refractivity contribution in [3.63, 3.8) is 0 Å². The number of fused-ring (bicyclic) bond motifs is 3. The van der Waals surface area contributed by atoms with Crippen LogP contribution in [-0.2, 0) is 0 Å². The first-order valence-electron chi connectivity index (χ1n) is 9.34. The average Bonchev–Trinajstić information content (AvgIpc) is 2.91. The van der Waals surface area contributed by atoms with Crippen molar-refractivity contribution in [3.8, 4) is 0 Å². The van der Waals surface area contributed by atoms with Gasteiger partial charge in [-0.15, -0.1) is 0 Å². The van der Waals surface area contributed by atoms with Crippen molar-refractivity contribution in [2.24, 2.45) is 5.92 Å². The molecule has 2 heterocycles. The fraction of sp³-hybridized carbons (Fsp3) is 0.476. The van der Waals surface area contributed by atoms with Crippen LogP contribution in [0, 0.1) is 5.92 Å². The molecule has 2 saturated heterocycles. The Balaban J connectivity index is 1.51. The summed E-state index contributed by atoms with van der Waals surface area (Å²) in [7, 11) is 0. The highest BCUT2D eigenvalue weighted by molar-refractivity contribution is 5.86. The van der Waals surface area contributed by atoms with Gasteiger partial charge in [0.25, 0.3) is 0 Å². The smallest absolute Gasteiger partial charge is 0.318 e. The number of rotatable bonds is 3. The first-order chi connectivity index (χ1) is 12.2. The van der Waals surface area contributed by atoms with Crippen LogP contribution in [0.1, 0.15) is 44.2 Å². The normalized spacial score (nSPS) is 26.6. The van der Waals surface area contributed by atoms with E-state index in [1.807, 2.05) is 17.0 Å². The summed E-state index contributed by atoms with van der Waals surface area (Å²) in [5.41, 5.74) is 1.16. The van der Waals surface area contributed by atoms with E-state index in [1.165, 1.54) is 10.8 Å². The monoisotopic (exact) mass is 338 g/mol. The highest BCUT2D eigenvalue weighted by atomic mass is 16.3. The number of nitrogens with zero attached hydrogens (tertiary/aromatic N) is 1. The molecule has 4 nitrogen and oxygen atoms in total. The van der Waals surface area contributed by atoms with Gasteiger partial charge < -0.3 is 15.3 Å². The van der Waals surface area contributed by atoms with Crippen molar-refractivity contribution in [3.05, 3.63) is 48.0 Å². The Labute approximate surface area is 148 Å². The highest BCUT2D eigenvalue weighted by Gasteiger charge is 2.43. The molecule has 2 aliphatic heterocycles. The third-order valence-corrected chi connectivity index (χ3v) is 5.95. The quantitative estimate of drug-likeness (QED) is 0.893. The summed E-state index contributed by atoms with van der Waals surface area (Å²) in [5.74, 6) is 0.358. The topological polar surface area (TPSA) is 52.6 Å². The van der Waals surface area contributed by atoms with Gasteiger partial charge in [-0.05, 0) is 54.9 Å². The van der Waals surface area contributed by atoms with Crippen molar-refractivity contribution in [2.75, 3.05) is 6.61 Å². The molecule has 132 valence electrons. The molecule has 0 radical (unpaired) electrons. The molecule has 0 saturated carbocycles. The Kier molecular flexibility index (Phi) is 4.38. The summed E-state index contributed by atoms with van der Waals surface area (Å²) in [5, 5.41) is 15.1. The van der Waals surface area contributed by atoms with Crippen molar-refractivity contribution in [1.82, 2.24) is 10.2 Å². The number of piperidine rings is 1. The SMILES string of the molecule is CC(NC(=O)N1[C@@H]2CC[C@H]1CC(CO)C2)c1cccc2ccccc12. The molecule has 2 amide bonds. The highest BCUT2D eigenvalue weighted by Crippen LogP contribution is 2.38. The Morgan fingerprint density at radius 3 is 2.56 bits per heavy atom. The number of aliphatic hydroxyl groups is 1. The first-order valence-corrected chi connectivity index (χ1v) is 9.34. The number of amides is 2. The third kappa shape index (κ3) is 2.99. The van der Waals surface area contributed by atoms with Crippen LogP contribution in [-0.4, -0.2) is 34.7 Å². The van der Waals surface area contributed by atoms with Gasteiger partial charge in [-0.1, -0.05) is 42.5 Å². The van der Waals surface area contributed by atoms with E-state index in [1.54, 1.807) is 0 Å². The second kappa shape index (κ2) is 6.68. The molecular formula is C21H26N2O2. The maximum Gasteiger partial charge on any atom is 0.318 e. The van der Waals surface area contributed by atoms with Crippen LogP contribution in [0.25, 0.3) is 10.8 Å². The number of carbonyl (C=O) groups is 1. The minimum Gasteiger partial charge on any atom is -0.396 e. The molecule has 2 N–H and O–H groups in total. The molecule has 2 bridgehead atoms. The van der Waals surface area contributed by atoms with Gasteiger partial charge in [0.15, 0.2) is 0 Å². The first kappa shape index (κ1) is 16.4. The molecule has 4 rings (SSSR count). The lowest BCUT2D eigenvalue weighted by Crippen LogP contribution is -2.51. The Bertz CT molecular complexity index is 756. The number of hydrogen-bond donors (Lipinski definition) is 2. The largest absolute Gasteiger partial charge is 0.396 e. The molecule has 25 heavy (non-hydrogen) atoms. The maximum absolute atomic E-state index is 12.9. The zero-order chi connectivity index (χ0) is 17.4. The van der Waals surface area contributed by atoms with Crippen LogP contribution in [0.3, 0.4) is 0 Å². The molecule has 4 atom stereocenters. The Morgan fingerprint density at radius 2 is 1.84 bits per heavy atom. The van der Waals surface area contributed by atoms with E-state index >= 15 is 0 Å². The van der Waals surface area contributed by atoms with Crippen molar-refractivity contribution < 1.29 is 9.90 Å². The van der Waals surface area contributed by atoms with Crippen molar-refractivity contribution in [1.29, 1.82) is 0 Å². The fourth-order valence-corrected chi connectivity index (χ4v) is 4.74. The predicted octanol–water partition coefficient (Wildman–Crippen LogP) is 3.85. The van der Waals surface area contributed by atoms with E-state index in [4.69, 9.17) is 0 Å². The van der Waals surface area contributed by atoms with Crippen LogP contribution < -0.4 is 5.32 Å². The van der Waals surface area contributed by atoms with Crippen molar-refractivity contribution >= 4 is 16.8 Å². The van der Waals surface area contributed by atoms with Gasteiger partial charge in [0.05, 0.1) is 6.04 Å². The number of hydrogen-bond acceptors (Lipinski definition) is 2. The standard InChI is InChI=1S/C21H26N2O2/c1-14(19-8-4-6-16-5-2-3-7-20(16)19)22-21(25)23-17-9-10-18(23)12-15(11-17)13-24/h2-8,14-15,17-18,24H,9-13H2,1H3,(H,22,25)/t14?,15?,17-,18+.